The highest BCUT2D eigenvalue weighted by Gasteiger charge is 2.22. The molecule has 5 heteroatoms. The first kappa shape index (κ1) is 17.8. The van der Waals surface area contributed by atoms with E-state index in [-0.39, 0.29) is 6.10 Å². The fourth-order valence-electron chi connectivity index (χ4n) is 2.49. The van der Waals surface area contributed by atoms with Crippen molar-refractivity contribution >= 4 is 11.6 Å². The summed E-state index contributed by atoms with van der Waals surface area (Å²) in [4.78, 5) is 2.76. The highest BCUT2D eigenvalue weighted by atomic mass is 35.5. The Morgan fingerprint density at radius 2 is 2.19 bits per heavy atom. The minimum Gasteiger partial charge on any atom is -0.373 e. The third-order valence-electron chi connectivity index (χ3n) is 3.61. The quantitative estimate of drug-likeness (QED) is 0.229. The molecule has 0 fully saturated rings. The molecule has 1 aromatic carbocycles. The maximum absolute atomic E-state index is 8.34. The second kappa shape index (κ2) is 10.5. The molecule has 0 unspecified atom stereocenters. The summed E-state index contributed by atoms with van der Waals surface area (Å²) in [5.74, 6) is 0.453. The second-order valence-electron chi connectivity index (χ2n) is 5.11. The number of hydrogen-bond donors (Lipinski definition) is 0. The summed E-state index contributed by atoms with van der Waals surface area (Å²) < 4.78 is 6.01. The number of hydrogen-bond acceptors (Lipinski definition) is 2. The molecule has 0 aliphatic carbocycles. The number of azide groups is 1. The van der Waals surface area contributed by atoms with Crippen LogP contribution in [0.25, 0.3) is 10.4 Å². The van der Waals surface area contributed by atoms with E-state index >= 15 is 0 Å². The molecular weight excluding hydrogens is 286 g/mol. The van der Waals surface area contributed by atoms with Crippen LogP contribution in [0.4, 0.5) is 0 Å². The highest BCUT2D eigenvalue weighted by Crippen LogP contribution is 2.33. The molecule has 2 atom stereocenters. The van der Waals surface area contributed by atoms with Crippen LogP contribution in [0.1, 0.15) is 51.2 Å². The van der Waals surface area contributed by atoms with E-state index < -0.39 is 0 Å². The molecule has 1 aromatic rings. The first-order valence-electron chi connectivity index (χ1n) is 7.60. The Morgan fingerprint density at radius 1 is 1.38 bits per heavy atom. The van der Waals surface area contributed by atoms with E-state index in [1.54, 1.807) is 0 Å². The fraction of sp³-hybridized carbons (Fsp3) is 0.625. The van der Waals surface area contributed by atoms with Gasteiger partial charge in [0.1, 0.15) is 0 Å². The summed E-state index contributed by atoms with van der Waals surface area (Å²) in [6.07, 6.45) is 4.56. The summed E-state index contributed by atoms with van der Waals surface area (Å²) in [6, 6.07) is 7.84. The topological polar surface area (TPSA) is 58.0 Å². The van der Waals surface area contributed by atoms with Crippen LogP contribution in [-0.2, 0) is 4.74 Å². The first-order chi connectivity index (χ1) is 10.2. The van der Waals surface area contributed by atoms with Gasteiger partial charge in [0, 0.05) is 16.5 Å². The van der Waals surface area contributed by atoms with Crippen LogP contribution >= 0.6 is 11.6 Å². The molecular formula is C16H24ClN3O. The first-order valence-corrected chi connectivity index (χ1v) is 7.98. The van der Waals surface area contributed by atoms with Crippen molar-refractivity contribution in [1.82, 2.24) is 0 Å². The van der Waals surface area contributed by atoms with Gasteiger partial charge in [-0.3, -0.25) is 0 Å². The number of halogens is 1. The van der Waals surface area contributed by atoms with Crippen LogP contribution in [0.3, 0.4) is 0 Å². The van der Waals surface area contributed by atoms with E-state index in [0.717, 1.165) is 23.4 Å². The summed E-state index contributed by atoms with van der Waals surface area (Å²) in [6.45, 7) is 5.18. The van der Waals surface area contributed by atoms with Crippen LogP contribution in [-0.4, -0.2) is 13.2 Å². The molecule has 0 radical (unpaired) electrons. The summed E-state index contributed by atoms with van der Waals surface area (Å²) in [5.41, 5.74) is 9.44. The Bertz CT molecular complexity index is 461. The van der Waals surface area contributed by atoms with Crippen LogP contribution in [0, 0.1) is 5.92 Å². The number of rotatable bonds is 10. The Balaban J connectivity index is 2.83. The lowest BCUT2D eigenvalue weighted by Gasteiger charge is -2.27. The maximum atomic E-state index is 8.34. The molecule has 1 rings (SSSR count). The maximum Gasteiger partial charge on any atom is 0.0853 e. The number of ether oxygens (including phenoxy) is 1. The van der Waals surface area contributed by atoms with Gasteiger partial charge in [-0.15, -0.1) is 0 Å². The second-order valence-corrected chi connectivity index (χ2v) is 5.55. The van der Waals surface area contributed by atoms with Gasteiger partial charge in [-0.2, -0.15) is 0 Å². The highest BCUT2D eigenvalue weighted by molar-refractivity contribution is 6.30. The molecule has 0 amide bonds. The van der Waals surface area contributed by atoms with Crippen molar-refractivity contribution in [2.45, 2.75) is 45.6 Å². The van der Waals surface area contributed by atoms with Crippen LogP contribution in [0.2, 0.25) is 5.02 Å². The Labute approximate surface area is 132 Å². The van der Waals surface area contributed by atoms with Crippen LogP contribution in [0.15, 0.2) is 29.4 Å². The van der Waals surface area contributed by atoms with Gasteiger partial charge in [-0.1, -0.05) is 62.0 Å². The van der Waals surface area contributed by atoms with Gasteiger partial charge in [0.25, 0.3) is 0 Å². The van der Waals surface area contributed by atoms with Crippen molar-refractivity contribution in [2.24, 2.45) is 11.0 Å². The summed E-state index contributed by atoms with van der Waals surface area (Å²) in [7, 11) is 0. The number of nitrogens with zero attached hydrogens (tertiary/aromatic N) is 3. The normalized spacial score (nSPS) is 13.5. The Kier molecular flexibility index (Phi) is 8.91. The Morgan fingerprint density at radius 3 is 2.81 bits per heavy atom. The molecule has 0 spiro atoms. The van der Waals surface area contributed by atoms with Crippen molar-refractivity contribution in [3.63, 3.8) is 0 Å². The van der Waals surface area contributed by atoms with E-state index in [4.69, 9.17) is 21.9 Å². The van der Waals surface area contributed by atoms with Gasteiger partial charge in [0.15, 0.2) is 0 Å². The SMILES string of the molecule is CCCC[C@H](CC)[C@@H](OCCN=[N+]=[N-])c1cccc(Cl)c1. The van der Waals surface area contributed by atoms with E-state index in [1.165, 1.54) is 12.8 Å². The lowest BCUT2D eigenvalue weighted by atomic mass is 9.89. The third-order valence-corrected chi connectivity index (χ3v) is 3.85. The van der Waals surface area contributed by atoms with Gasteiger partial charge in [0.05, 0.1) is 12.7 Å². The van der Waals surface area contributed by atoms with Crippen molar-refractivity contribution in [3.05, 3.63) is 45.3 Å². The van der Waals surface area contributed by atoms with Gasteiger partial charge >= 0.3 is 0 Å². The van der Waals surface area contributed by atoms with E-state index in [9.17, 15) is 0 Å². The van der Waals surface area contributed by atoms with Crippen molar-refractivity contribution < 1.29 is 4.74 Å². The lowest BCUT2D eigenvalue weighted by molar-refractivity contribution is 0.0100. The number of unbranched alkanes of at least 4 members (excludes halogenated alkanes) is 1. The largest absolute Gasteiger partial charge is 0.373 e. The predicted molar refractivity (Wildman–Crippen MR) is 87.5 cm³/mol. The fourth-order valence-corrected chi connectivity index (χ4v) is 2.69. The molecule has 0 N–H and O–H groups in total. The molecule has 4 nitrogen and oxygen atoms in total. The van der Waals surface area contributed by atoms with Crippen LogP contribution in [0.5, 0.6) is 0 Å². The van der Waals surface area contributed by atoms with Crippen molar-refractivity contribution in [2.75, 3.05) is 13.2 Å². The molecule has 0 heterocycles. The van der Waals surface area contributed by atoms with Gasteiger partial charge in [-0.05, 0) is 35.6 Å². The average molecular weight is 310 g/mol. The molecule has 21 heavy (non-hydrogen) atoms. The van der Waals surface area contributed by atoms with E-state index in [2.05, 4.69) is 29.9 Å². The van der Waals surface area contributed by atoms with Gasteiger partial charge in [0.2, 0.25) is 0 Å². The molecule has 0 aliphatic rings. The smallest absolute Gasteiger partial charge is 0.0853 e. The molecule has 0 saturated heterocycles. The Hall–Kier alpha value is -1.22. The molecule has 0 aliphatic heterocycles. The zero-order valence-electron chi connectivity index (χ0n) is 12.8. The van der Waals surface area contributed by atoms with E-state index in [0.29, 0.717) is 19.1 Å². The lowest BCUT2D eigenvalue weighted by Crippen LogP contribution is -2.17. The average Bonchev–Trinajstić information content (AvgIpc) is 2.49. The summed E-state index contributed by atoms with van der Waals surface area (Å²) in [5, 5.41) is 4.26. The molecule has 0 saturated carbocycles. The van der Waals surface area contributed by atoms with Gasteiger partial charge in [-0.25, -0.2) is 0 Å². The van der Waals surface area contributed by atoms with Crippen molar-refractivity contribution in [1.29, 1.82) is 0 Å². The predicted octanol–water partition coefficient (Wildman–Crippen LogP) is 5.92. The standard InChI is InChI=1S/C16H24ClN3O/c1-3-5-7-13(4-2)16(21-11-10-19-20-18)14-8-6-9-15(17)12-14/h6,8-9,12-13,16H,3-5,7,10-11H2,1-2H3/t13-,16+/m0/s1. The summed E-state index contributed by atoms with van der Waals surface area (Å²) >= 11 is 6.10. The van der Waals surface area contributed by atoms with Crippen LogP contribution < -0.4 is 0 Å². The van der Waals surface area contributed by atoms with Gasteiger partial charge < -0.3 is 4.74 Å². The zero-order chi connectivity index (χ0) is 15.5. The zero-order valence-corrected chi connectivity index (χ0v) is 13.6. The molecule has 0 bridgehead atoms. The minimum absolute atomic E-state index is 0.00847. The number of benzene rings is 1. The third kappa shape index (κ3) is 6.38. The monoisotopic (exact) mass is 309 g/mol. The van der Waals surface area contributed by atoms with E-state index in [1.807, 2.05) is 18.2 Å². The molecule has 0 aromatic heterocycles. The molecule has 116 valence electrons. The van der Waals surface area contributed by atoms with Crippen molar-refractivity contribution in [3.8, 4) is 0 Å². The minimum atomic E-state index is 0.00847.